The Hall–Kier alpha value is -2.08. The van der Waals surface area contributed by atoms with Crippen molar-refractivity contribution >= 4 is 17.5 Å². The van der Waals surface area contributed by atoms with E-state index in [4.69, 9.17) is 16.3 Å². The lowest BCUT2D eigenvalue weighted by atomic mass is 9.81. The molecule has 1 amide bonds. The molecule has 1 atom stereocenters. The Labute approximate surface area is 164 Å². The molecular weight excluding hydrogens is 364 g/mol. The molecule has 0 spiro atoms. The zero-order valence-electron chi connectivity index (χ0n) is 15.5. The van der Waals surface area contributed by atoms with E-state index in [0.29, 0.717) is 52.7 Å². The largest absolute Gasteiger partial charge is 0.457 e. The number of ether oxygens (including phenoxy) is 1. The zero-order chi connectivity index (χ0) is 19.2. The Morgan fingerprint density at radius 3 is 2.56 bits per heavy atom. The van der Waals surface area contributed by atoms with Gasteiger partial charge in [0.25, 0.3) is 5.91 Å². The van der Waals surface area contributed by atoms with Gasteiger partial charge in [-0.15, -0.1) is 0 Å². The molecule has 2 heterocycles. The molecule has 1 saturated heterocycles. The maximum absolute atomic E-state index is 12.9. The van der Waals surface area contributed by atoms with Gasteiger partial charge in [0.1, 0.15) is 17.1 Å². The average Bonchev–Trinajstić information content (AvgIpc) is 2.68. The lowest BCUT2D eigenvalue weighted by Crippen LogP contribution is -2.47. The molecule has 27 heavy (non-hydrogen) atoms. The molecule has 6 heteroatoms. The molecule has 1 N–H and O–H groups in total. The van der Waals surface area contributed by atoms with Crippen LogP contribution >= 0.6 is 11.6 Å². The van der Waals surface area contributed by atoms with Gasteiger partial charge in [0.05, 0.1) is 0 Å². The first-order valence-corrected chi connectivity index (χ1v) is 9.63. The highest BCUT2D eigenvalue weighted by atomic mass is 35.5. The van der Waals surface area contributed by atoms with Crippen molar-refractivity contribution in [3.63, 3.8) is 0 Å². The van der Waals surface area contributed by atoms with E-state index in [-0.39, 0.29) is 5.91 Å². The lowest BCUT2D eigenvalue weighted by molar-refractivity contribution is 0.0636. The number of likely N-dealkylation sites (N-methyl/N-ethyl adjacent to an activating group) is 1. The van der Waals surface area contributed by atoms with E-state index in [1.165, 1.54) is 0 Å². The van der Waals surface area contributed by atoms with Gasteiger partial charge in [0.2, 0.25) is 0 Å². The number of carbonyl (C=O) groups is 1. The van der Waals surface area contributed by atoms with E-state index >= 15 is 0 Å². The molecular formula is C21H23ClN2O3. The number of hydrogen-bond acceptors (Lipinski definition) is 4. The van der Waals surface area contributed by atoms with Crippen LogP contribution in [-0.2, 0) is 5.60 Å². The van der Waals surface area contributed by atoms with Crippen molar-refractivity contribution in [2.45, 2.75) is 18.9 Å². The second-order valence-corrected chi connectivity index (χ2v) is 7.70. The van der Waals surface area contributed by atoms with E-state index in [1.54, 1.807) is 36.4 Å². The molecule has 1 unspecified atom stereocenters. The number of rotatable bonds is 2. The summed E-state index contributed by atoms with van der Waals surface area (Å²) < 4.78 is 6.03. The van der Waals surface area contributed by atoms with Crippen LogP contribution in [0.3, 0.4) is 0 Å². The van der Waals surface area contributed by atoms with Crippen molar-refractivity contribution in [3.8, 4) is 11.5 Å². The van der Waals surface area contributed by atoms with Crippen LogP contribution in [0.2, 0.25) is 5.02 Å². The fourth-order valence-corrected chi connectivity index (χ4v) is 4.00. The van der Waals surface area contributed by atoms with Crippen LogP contribution in [0.1, 0.15) is 34.8 Å². The quantitative estimate of drug-likeness (QED) is 0.858. The summed E-state index contributed by atoms with van der Waals surface area (Å²) in [5, 5.41) is 11.9. The van der Waals surface area contributed by atoms with Gasteiger partial charge in [-0.25, -0.2) is 0 Å². The van der Waals surface area contributed by atoms with Crippen molar-refractivity contribution < 1.29 is 14.6 Å². The summed E-state index contributed by atoms with van der Waals surface area (Å²) in [6, 6.07) is 10.6. The smallest absolute Gasteiger partial charge is 0.254 e. The number of nitrogens with zero attached hydrogens (tertiary/aromatic N) is 2. The number of benzene rings is 2. The van der Waals surface area contributed by atoms with Gasteiger partial charge in [0.15, 0.2) is 0 Å². The minimum Gasteiger partial charge on any atom is -0.457 e. The van der Waals surface area contributed by atoms with Crippen LogP contribution in [-0.4, -0.2) is 54.0 Å². The zero-order valence-corrected chi connectivity index (χ0v) is 16.3. The normalized spacial score (nSPS) is 22.0. The number of halogens is 1. The summed E-state index contributed by atoms with van der Waals surface area (Å²) in [7, 11) is 2.06. The Bertz CT molecular complexity index is 893. The van der Waals surface area contributed by atoms with Crippen molar-refractivity contribution in [2.75, 3.05) is 33.2 Å². The summed E-state index contributed by atoms with van der Waals surface area (Å²) >= 11 is 6.13. The fraction of sp³-hybridized carbons (Fsp3) is 0.381. The van der Waals surface area contributed by atoms with Crippen LogP contribution in [0.4, 0.5) is 0 Å². The third-order valence-electron chi connectivity index (χ3n) is 5.58. The number of aliphatic hydroxyl groups is 1. The van der Waals surface area contributed by atoms with Crippen molar-refractivity contribution in [1.29, 1.82) is 0 Å². The molecule has 2 aromatic rings. The highest BCUT2D eigenvalue weighted by Gasteiger charge is 2.39. The predicted octanol–water partition coefficient (Wildman–Crippen LogP) is 3.48. The standard InChI is InChI=1S/C21H23ClN2O3/c1-3-21(26)16-6-4-14(20(25)24-10-8-23(2)9-11-24)12-19(16)27-18-7-5-15(22)13-17(18)21/h4-7,12-13,26H,3,8-11H2,1-2H3. The minimum atomic E-state index is -1.19. The number of amides is 1. The van der Waals surface area contributed by atoms with Crippen LogP contribution < -0.4 is 4.74 Å². The number of piperazine rings is 1. The molecule has 0 aromatic heterocycles. The highest BCUT2D eigenvalue weighted by Crippen LogP contribution is 2.49. The molecule has 4 rings (SSSR count). The number of hydrogen-bond donors (Lipinski definition) is 1. The first-order chi connectivity index (χ1) is 12.9. The maximum atomic E-state index is 12.9. The molecule has 0 bridgehead atoms. The fourth-order valence-electron chi connectivity index (χ4n) is 3.83. The predicted molar refractivity (Wildman–Crippen MR) is 105 cm³/mol. The van der Waals surface area contributed by atoms with E-state index in [0.717, 1.165) is 13.1 Å². The monoisotopic (exact) mass is 386 g/mol. The Balaban J connectivity index is 1.70. The molecule has 2 aliphatic heterocycles. The van der Waals surface area contributed by atoms with Crippen LogP contribution in [0.25, 0.3) is 0 Å². The summed E-state index contributed by atoms with van der Waals surface area (Å²) in [5.74, 6) is 1.09. The first-order valence-electron chi connectivity index (χ1n) is 9.25. The van der Waals surface area contributed by atoms with Gasteiger partial charge in [0, 0.05) is 47.9 Å². The number of carbonyl (C=O) groups excluding carboxylic acids is 1. The van der Waals surface area contributed by atoms with E-state index in [1.807, 2.05) is 11.8 Å². The maximum Gasteiger partial charge on any atom is 0.254 e. The minimum absolute atomic E-state index is 0.00330. The summed E-state index contributed by atoms with van der Waals surface area (Å²) in [4.78, 5) is 17.0. The highest BCUT2D eigenvalue weighted by molar-refractivity contribution is 6.30. The first kappa shape index (κ1) is 18.3. The van der Waals surface area contributed by atoms with Gasteiger partial charge in [-0.05, 0) is 43.8 Å². The van der Waals surface area contributed by atoms with E-state index in [2.05, 4.69) is 11.9 Å². The lowest BCUT2D eigenvalue weighted by Gasteiger charge is -2.36. The summed E-state index contributed by atoms with van der Waals surface area (Å²) in [6.45, 7) is 5.10. The molecule has 5 nitrogen and oxygen atoms in total. The SMILES string of the molecule is CCC1(O)c2ccc(C(=O)N3CCN(C)CC3)cc2Oc2ccc(Cl)cc21. The third-order valence-corrected chi connectivity index (χ3v) is 5.82. The Morgan fingerprint density at radius 2 is 1.85 bits per heavy atom. The molecule has 1 fully saturated rings. The van der Waals surface area contributed by atoms with Crippen molar-refractivity contribution in [1.82, 2.24) is 9.80 Å². The van der Waals surface area contributed by atoms with Gasteiger partial charge in [-0.2, -0.15) is 0 Å². The molecule has 2 aromatic carbocycles. The second kappa shape index (κ2) is 6.82. The Morgan fingerprint density at radius 1 is 1.11 bits per heavy atom. The van der Waals surface area contributed by atoms with Gasteiger partial charge in [-0.3, -0.25) is 4.79 Å². The molecule has 0 radical (unpaired) electrons. The number of fused-ring (bicyclic) bond motifs is 2. The summed E-state index contributed by atoms with van der Waals surface area (Å²) in [5.41, 5.74) is 0.704. The van der Waals surface area contributed by atoms with E-state index in [9.17, 15) is 9.90 Å². The topological polar surface area (TPSA) is 53.0 Å². The van der Waals surface area contributed by atoms with Gasteiger partial charge in [-0.1, -0.05) is 24.6 Å². The molecule has 2 aliphatic rings. The van der Waals surface area contributed by atoms with Crippen LogP contribution in [0.15, 0.2) is 36.4 Å². The van der Waals surface area contributed by atoms with Crippen LogP contribution in [0.5, 0.6) is 11.5 Å². The summed E-state index contributed by atoms with van der Waals surface area (Å²) in [6.07, 6.45) is 0.475. The Kier molecular flexibility index (Phi) is 4.62. The molecule has 0 aliphatic carbocycles. The van der Waals surface area contributed by atoms with Crippen molar-refractivity contribution in [2.24, 2.45) is 0 Å². The second-order valence-electron chi connectivity index (χ2n) is 7.26. The molecule has 142 valence electrons. The van der Waals surface area contributed by atoms with Gasteiger partial charge >= 0.3 is 0 Å². The van der Waals surface area contributed by atoms with Crippen molar-refractivity contribution in [3.05, 3.63) is 58.1 Å². The van der Waals surface area contributed by atoms with Gasteiger partial charge < -0.3 is 19.6 Å². The molecule has 0 saturated carbocycles. The average molecular weight is 387 g/mol. The van der Waals surface area contributed by atoms with E-state index < -0.39 is 5.60 Å². The third kappa shape index (κ3) is 3.10. The van der Waals surface area contributed by atoms with Crippen LogP contribution in [0, 0.1) is 0 Å².